The van der Waals surface area contributed by atoms with Crippen LogP contribution in [-0.4, -0.2) is 43.9 Å². The van der Waals surface area contributed by atoms with Crippen molar-refractivity contribution >= 4 is 27.3 Å². The van der Waals surface area contributed by atoms with Crippen molar-refractivity contribution in [3.63, 3.8) is 0 Å². The molecule has 6 nitrogen and oxygen atoms in total. The van der Waals surface area contributed by atoms with Gasteiger partial charge in [-0.05, 0) is 31.4 Å². The second kappa shape index (κ2) is 7.59. The summed E-state index contributed by atoms with van der Waals surface area (Å²) in [6.07, 6.45) is 3.15. The molecule has 1 aromatic carbocycles. The van der Waals surface area contributed by atoms with Gasteiger partial charge in [-0.1, -0.05) is 15.9 Å². The van der Waals surface area contributed by atoms with E-state index in [2.05, 4.69) is 20.8 Å². The third-order valence-corrected chi connectivity index (χ3v) is 5.00. The molecule has 0 N–H and O–H groups in total. The standard InChI is InChI=1S/C16H21BrN2O4/c17-13-1-2-15(16(9-13)19(20)21)18-6-3-14(4-7-18)23-11-12-5-8-22-10-12/h1-2,9,12,14H,3-8,10-11H2. The first kappa shape index (κ1) is 16.7. The number of nitro groups is 1. The van der Waals surface area contributed by atoms with Crippen LogP contribution in [0, 0.1) is 16.0 Å². The summed E-state index contributed by atoms with van der Waals surface area (Å²) < 4.78 is 12.1. The first-order valence-corrected chi connectivity index (χ1v) is 8.81. The molecule has 1 aromatic rings. The Kier molecular flexibility index (Phi) is 5.50. The smallest absolute Gasteiger partial charge is 0.293 e. The summed E-state index contributed by atoms with van der Waals surface area (Å²) in [7, 11) is 0. The lowest BCUT2D eigenvalue weighted by molar-refractivity contribution is -0.384. The number of benzene rings is 1. The molecule has 0 aliphatic carbocycles. The van der Waals surface area contributed by atoms with Crippen molar-refractivity contribution in [2.24, 2.45) is 5.92 Å². The van der Waals surface area contributed by atoms with Crippen LogP contribution in [0.5, 0.6) is 0 Å². The van der Waals surface area contributed by atoms with Gasteiger partial charge in [-0.2, -0.15) is 0 Å². The maximum absolute atomic E-state index is 11.3. The highest BCUT2D eigenvalue weighted by Crippen LogP contribution is 2.33. The van der Waals surface area contributed by atoms with E-state index >= 15 is 0 Å². The summed E-state index contributed by atoms with van der Waals surface area (Å²) in [4.78, 5) is 13.0. The first-order valence-electron chi connectivity index (χ1n) is 8.01. The fraction of sp³-hybridized carbons (Fsp3) is 0.625. The molecule has 0 aromatic heterocycles. The zero-order valence-electron chi connectivity index (χ0n) is 12.9. The molecule has 2 fully saturated rings. The monoisotopic (exact) mass is 384 g/mol. The molecule has 3 rings (SSSR count). The predicted octanol–water partition coefficient (Wildman–Crippen LogP) is 3.38. The number of anilines is 1. The number of hydrogen-bond donors (Lipinski definition) is 0. The number of hydrogen-bond acceptors (Lipinski definition) is 5. The summed E-state index contributed by atoms with van der Waals surface area (Å²) in [5.41, 5.74) is 0.850. The van der Waals surface area contributed by atoms with E-state index < -0.39 is 0 Å². The van der Waals surface area contributed by atoms with Crippen LogP contribution >= 0.6 is 15.9 Å². The zero-order valence-corrected chi connectivity index (χ0v) is 14.5. The number of ether oxygens (including phenoxy) is 2. The van der Waals surface area contributed by atoms with E-state index in [9.17, 15) is 10.1 Å². The highest BCUT2D eigenvalue weighted by atomic mass is 79.9. The van der Waals surface area contributed by atoms with Crippen LogP contribution in [0.1, 0.15) is 19.3 Å². The van der Waals surface area contributed by atoms with E-state index in [-0.39, 0.29) is 16.7 Å². The van der Waals surface area contributed by atoms with Gasteiger partial charge in [-0.25, -0.2) is 0 Å². The average molecular weight is 385 g/mol. The van der Waals surface area contributed by atoms with Crippen LogP contribution < -0.4 is 4.90 Å². The van der Waals surface area contributed by atoms with E-state index in [1.165, 1.54) is 0 Å². The normalized spacial score (nSPS) is 22.5. The molecule has 1 unspecified atom stereocenters. The lowest BCUT2D eigenvalue weighted by Gasteiger charge is -2.33. The lowest BCUT2D eigenvalue weighted by Crippen LogP contribution is -2.38. The quantitative estimate of drug-likeness (QED) is 0.574. The van der Waals surface area contributed by atoms with Crippen LogP contribution in [0.4, 0.5) is 11.4 Å². The Balaban J connectivity index is 1.55. The Morgan fingerprint density at radius 2 is 2.13 bits per heavy atom. The van der Waals surface area contributed by atoms with E-state index in [4.69, 9.17) is 9.47 Å². The SMILES string of the molecule is O=[N+]([O-])c1cc(Br)ccc1N1CCC(OCC2CCOC2)CC1. The maximum Gasteiger partial charge on any atom is 0.293 e. The van der Waals surface area contributed by atoms with Gasteiger partial charge in [0.05, 0.1) is 24.2 Å². The van der Waals surface area contributed by atoms with Crippen molar-refractivity contribution in [2.45, 2.75) is 25.4 Å². The second-order valence-electron chi connectivity index (χ2n) is 6.14. The topological polar surface area (TPSA) is 64.8 Å². The molecule has 2 aliphatic rings. The molecular weight excluding hydrogens is 364 g/mol. The predicted molar refractivity (Wildman–Crippen MR) is 90.9 cm³/mol. The molecule has 2 heterocycles. The average Bonchev–Trinajstić information content (AvgIpc) is 3.07. The van der Waals surface area contributed by atoms with E-state index in [1.807, 2.05) is 12.1 Å². The molecule has 1 atom stereocenters. The number of nitro benzene ring substituents is 1. The minimum Gasteiger partial charge on any atom is -0.381 e. The Labute approximate surface area is 144 Å². The second-order valence-corrected chi connectivity index (χ2v) is 7.06. The fourth-order valence-corrected chi connectivity index (χ4v) is 3.51. The van der Waals surface area contributed by atoms with Gasteiger partial charge in [0.1, 0.15) is 5.69 Å². The Morgan fingerprint density at radius 3 is 2.78 bits per heavy atom. The van der Waals surface area contributed by atoms with Gasteiger partial charge in [0.25, 0.3) is 5.69 Å². The van der Waals surface area contributed by atoms with Gasteiger partial charge < -0.3 is 14.4 Å². The molecule has 0 saturated carbocycles. The number of halogens is 1. The minimum atomic E-state index is -0.317. The molecule has 0 bridgehead atoms. The largest absolute Gasteiger partial charge is 0.381 e. The van der Waals surface area contributed by atoms with Crippen LogP contribution in [-0.2, 0) is 9.47 Å². The third-order valence-electron chi connectivity index (χ3n) is 4.51. The van der Waals surface area contributed by atoms with Crippen LogP contribution in [0.25, 0.3) is 0 Å². The number of rotatable bonds is 5. The Morgan fingerprint density at radius 1 is 1.35 bits per heavy atom. The molecule has 126 valence electrons. The Bertz CT molecular complexity index is 555. The van der Waals surface area contributed by atoms with E-state index in [0.717, 1.165) is 56.6 Å². The molecule has 2 saturated heterocycles. The highest BCUT2D eigenvalue weighted by molar-refractivity contribution is 9.10. The fourth-order valence-electron chi connectivity index (χ4n) is 3.16. The van der Waals surface area contributed by atoms with Crippen molar-refractivity contribution < 1.29 is 14.4 Å². The van der Waals surface area contributed by atoms with Crippen LogP contribution in [0.2, 0.25) is 0 Å². The minimum absolute atomic E-state index is 0.154. The molecule has 0 spiro atoms. The Hall–Kier alpha value is -1.18. The van der Waals surface area contributed by atoms with Crippen molar-refractivity contribution in [2.75, 3.05) is 37.8 Å². The summed E-state index contributed by atoms with van der Waals surface area (Å²) in [5.74, 6) is 0.528. The van der Waals surface area contributed by atoms with Gasteiger partial charge in [0, 0.05) is 36.2 Å². The van der Waals surface area contributed by atoms with Gasteiger partial charge in [0.15, 0.2) is 0 Å². The van der Waals surface area contributed by atoms with E-state index in [0.29, 0.717) is 11.6 Å². The van der Waals surface area contributed by atoms with Crippen molar-refractivity contribution in [1.82, 2.24) is 0 Å². The van der Waals surface area contributed by atoms with Crippen molar-refractivity contribution in [3.05, 3.63) is 32.8 Å². The first-order chi connectivity index (χ1) is 11.1. The van der Waals surface area contributed by atoms with Crippen molar-refractivity contribution in [3.8, 4) is 0 Å². The molecule has 23 heavy (non-hydrogen) atoms. The molecule has 0 amide bonds. The summed E-state index contributed by atoms with van der Waals surface area (Å²) in [6.45, 7) is 4.00. The third kappa shape index (κ3) is 4.22. The van der Waals surface area contributed by atoms with Gasteiger partial charge in [-0.3, -0.25) is 10.1 Å². The summed E-state index contributed by atoms with van der Waals surface area (Å²) >= 11 is 3.30. The van der Waals surface area contributed by atoms with E-state index in [1.54, 1.807) is 6.07 Å². The molecular formula is C16H21BrN2O4. The summed E-state index contributed by atoms with van der Waals surface area (Å²) in [6, 6.07) is 5.24. The van der Waals surface area contributed by atoms with Gasteiger partial charge in [-0.15, -0.1) is 0 Å². The number of piperidine rings is 1. The summed E-state index contributed by atoms with van der Waals surface area (Å²) in [5, 5.41) is 11.3. The molecule has 0 radical (unpaired) electrons. The molecule has 7 heteroatoms. The van der Waals surface area contributed by atoms with Crippen LogP contribution in [0.3, 0.4) is 0 Å². The van der Waals surface area contributed by atoms with Gasteiger partial charge in [0.2, 0.25) is 0 Å². The zero-order chi connectivity index (χ0) is 16.2. The molecule has 2 aliphatic heterocycles. The number of nitrogens with zero attached hydrogens (tertiary/aromatic N) is 2. The lowest BCUT2D eigenvalue weighted by atomic mass is 10.1. The van der Waals surface area contributed by atoms with Gasteiger partial charge >= 0.3 is 0 Å². The van der Waals surface area contributed by atoms with Crippen molar-refractivity contribution in [1.29, 1.82) is 0 Å². The van der Waals surface area contributed by atoms with Crippen LogP contribution in [0.15, 0.2) is 22.7 Å². The maximum atomic E-state index is 11.3. The highest BCUT2D eigenvalue weighted by Gasteiger charge is 2.26.